The lowest BCUT2D eigenvalue weighted by molar-refractivity contribution is 0.785. The van der Waals surface area contributed by atoms with Crippen LogP contribution in [0, 0.1) is 13.8 Å². The van der Waals surface area contributed by atoms with Crippen molar-refractivity contribution in [2.75, 3.05) is 0 Å². The Bertz CT molecular complexity index is 205. The van der Waals surface area contributed by atoms with Gasteiger partial charge in [0, 0.05) is 6.20 Å². The molecule has 0 aromatic carbocycles. The molecule has 3 nitrogen and oxygen atoms in total. The summed E-state index contributed by atoms with van der Waals surface area (Å²) >= 11 is 0. The third-order valence-corrected chi connectivity index (χ3v) is 1.19. The SMILES string of the molecule is C=Cn1nc(C)c(C)n1. The monoisotopic (exact) mass is 123 g/mol. The zero-order valence-corrected chi connectivity index (χ0v) is 5.63. The quantitative estimate of drug-likeness (QED) is 0.557. The first kappa shape index (κ1) is 6.01. The molecular weight excluding hydrogens is 114 g/mol. The Morgan fingerprint density at radius 1 is 1.33 bits per heavy atom. The van der Waals surface area contributed by atoms with Crippen LogP contribution in [0.1, 0.15) is 11.4 Å². The number of hydrogen-bond acceptors (Lipinski definition) is 2. The molecular formula is C6H9N3. The van der Waals surface area contributed by atoms with Crippen LogP contribution in [0.2, 0.25) is 0 Å². The van der Waals surface area contributed by atoms with Crippen molar-refractivity contribution in [2.24, 2.45) is 0 Å². The maximum atomic E-state index is 4.02. The van der Waals surface area contributed by atoms with Gasteiger partial charge in [-0.05, 0) is 13.8 Å². The molecule has 9 heavy (non-hydrogen) atoms. The van der Waals surface area contributed by atoms with Crippen molar-refractivity contribution in [3.05, 3.63) is 18.0 Å². The summed E-state index contributed by atoms with van der Waals surface area (Å²) in [5, 5.41) is 8.03. The van der Waals surface area contributed by atoms with Gasteiger partial charge in [-0.25, -0.2) is 0 Å². The number of aromatic nitrogens is 3. The average Bonchev–Trinajstić information content (AvgIpc) is 2.13. The van der Waals surface area contributed by atoms with Gasteiger partial charge in [0.1, 0.15) is 0 Å². The Kier molecular flexibility index (Phi) is 1.34. The summed E-state index contributed by atoms with van der Waals surface area (Å²) < 4.78 is 0. The first-order valence-electron chi connectivity index (χ1n) is 2.76. The second-order valence-corrected chi connectivity index (χ2v) is 1.87. The van der Waals surface area contributed by atoms with Gasteiger partial charge in [0.05, 0.1) is 11.4 Å². The molecule has 1 heterocycles. The summed E-state index contributed by atoms with van der Waals surface area (Å²) in [6, 6.07) is 0. The molecule has 0 amide bonds. The Hall–Kier alpha value is -1.12. The van der Waals surface area contributed by atoms with Crippen LogP contribution in [0.15, 0.2) is 6.58 Å². The number of hydrogen-bond donors (Lipinski definition) is 0. The predicted molar refractivity (Wildman–Crippen MR) is 35.9 cm³/mol. The highest BCUT2D eigenvalue weighted by atomic mass is 15.5. The molecule has 0 aliphatic rings. The molecule has 0 atom stereocenters. The number of rotatable bonds is 1. The van der Waals surface area contributed by atoms with Crippen molar-refractivity contribution >= 4 is 6.20 Å². The Balaban J connectivity index is 3.11. The van der Waals surface area contributed by atoms with E-state index in [0.717, 1.165) is 11.4 Å². The van der Waals surface area contributed by atoms with Gasteiger partial charge >= 0.3 is 0 Å². The van der Waals surface area contributed by atoms with Crippen molar-refractivity contribution in [3.63, 3.8) is 0 Å². The van der Waals surface area contributed by atoms with E-state index in [-0.39, 0.29) is 0 Å². The van der Waals surface area contributed by atoms with Gasteiger partial charge < -0.3 is 0 Å². The molecule has 0 saturated carbocycles. The molecule has 3 heteroatoms. The Morgan fingerprint density at radius 3 is 2.00 bits per heavy atom. The fourth-order valence-electron chi connectivity index (χ4n) is 0.556. The molecule has 0 fully saturated rings. The van der Waals surface area contributed by atoms with E-state index in [1.807, 2.05) is 13.8 Å². The van der Waals surface area contributed by atoms with Crippen LogP contribution in [-0.2, 0) is 0 Å². The van der Waals surface area contributed by atoms with Gasteiger partial charge in [0.2, 0.25) is 0 Å². The smallest absolute Gasteiger partial charge is 0.0829 e. The van der Waals surface area contributed by atoms with Crippen LogP contribution in [0.3, 0.4) is 0 Å². The highest BCUT2D eigenvalue weighted by Gasteiger charge is 1.96. The topological polar surface area (TPSA) is 30.7 Å². The van der Waals surface area contributed by atoms with Gasteiger partial charge in [-0.2, -0.15) is 15.0 Å². The normalized spacial score (nSPS) is 9.56. The molecule has 0 aliphatic heterocycles. The highest BCUT2D eigenvalue weighted by Crippen LogP contribution is 1.96. The second kappa shape index (κ2) is 2.01. The molecule has 0 radical (unpaired) electrons. The van der Waals surface area contributed by atoms with E-state index in [9.17, 15) is 0 Å². The summed E-state index contributed by atoms with van der Waals surface area (Å²) in [6.07, 6.45) is 1.57. The van der Waals surface area contributed by atoms with Gasteiger partial charge in [-0.1, -0.05) is 6.58 Å². The fourth-order valence-corrected chi connectivity index (χ4v) is 0.556. The molecule has 0 bridgehead atoms. The molecule has 48 valence electrons. The van der Waals surface area contributed by atoms with Crippen molar-refractivity contribution in [3.8, 4) is 0 Å². The molecule has 1 rings (SSSR count). The molecule has 0 unspecified atom stereocenters. The first-order valence-corrected chi connectivity index (χ1v) is 2.76. The third kappa shape index (κ3) is 0.988. The fraction of sp³-hybridized carbons (Fsp3) is 0.333. The Labute approximate surface area is 54.0 Å². The molecule has 0 N–H and O–H groups in total. The number of nitrogens with zero attached hydrogens (tertiary/aromatic N) is 3. The number of aryl methyl sites for hydroxylation is 2. The maximum absolute atomic E-state index is 4.02. The van der Waals surface area contributed by atoms with E-state index in [0.29, 0.717) is 0 Å². The van der Waals surface area contributed by atoms with Crippen molar-refractivity contribution in [1.82, 2.24) is 15.0 Å². The van der Waals surface area contributed by atoms with E-state index >= 15 is 0 Å². The lowest BCUT2D eigenvalue weighted by Crippen LogP contribution is -1.89. The zero-order chi connectivity index (χ0) is 6.85. The van der Waals surface area contributed by atoms with Crippen molar-refractivity contribution < 1.29 is 0 Å². The Morgan fingerprint density at radius 2 is 1.78 bits per heavy atom. The van der Waals surface area contributed by atoms with Gasteiger partial charge in [0.25, 0.3) is 0 Å². The van der Waals surface area contributed by atoms with Gasteiger partial charge in [-0.3, -0.25) is 0 Å². The lowest BCUT2D eigenvalue weighted by atomic mass is 10.4. The summed E-state index contributed by atoms with van der Waals surface area (Å²) in [4.78, 5) is 1.46. The predicted octanol–water partition coefficient (Wildman–Crippen LogP) is 0.995. The van der Waals surface area contributed by atoms with Crippen LogP contribution >= 0.6 is 0 Å². The molecule has 1 aromatic heterocycles. The summed E-state index contributed by atoms with van der Waals surface area (Å²) in [5.74, 6) is 0. The van der Waals surface area contributed by atoms with Crippen LogP contribution in [0.5, 0.6) is 0 Å². The van der Waals surface area contributed by atoms with E-state index in [4.69, 9.17) is 0 Å². The summed E-state index contributed by atoms with van der Waals surface area (Å²) in [5.41, 5.74) is 1.91. The average molecular weight is 123 g/mol. The summed E-state index contributed by atoms with van der Waals surface area (Å²) in [7, 11) is 0. The standard InChI is InChI=1S/C6H9N3/c1-4-9-7-5(2)6(3)8-9/h4H,1H2,2-3H3. The van der Waals surface area contributed by atoms with Gasteiger partial charge in [0.15, 0.2) is 0 Å². The van der Waals surface area contributed by atoms with Crippen molar-refractivity contribution in [1.29, 1.82) is 0 Å². The maximum Gasteiger partial charge on any atom is 0.0829 e. The van der Waals surface area contributed by atoms with Crippen molar-refractivity contribution in [2.45, 2.75) is 13.8 Å². The third-order valence-electron chi connectivity index (χ3n) is 1.19. The summed E-state index contributed by atoms with van der Waals surface area (Å²) in [6.45, 7) is 7.36. The van der Waals surface area contributed by atoms with E-state index in [2.05, 4.69) is 16.8 Å². The van der Waals surface area contributed by atoms with Crippen LogP contribution in [0.25, 0.3) is 6.20 Å². The van der Waals surface area contributed by atoms with E-state index in [1.54, 1.807) is 6.20 Å². The van der Waals surface area contributed by atoms with Crippen LogP contribution in [0.4, 0.5) is 0 Å². The second-order valence-electron chi connectivity index (χ2n) is 1.87. The molecule has 0 saturated heterocycles. The minimum atomic E-state index is 0.954. The molecule has 0 aliphatic carbocycles. The lowest BCUT2D eigenvalue weighted by Gasteiger charge is -1.80. The van der Waals surface area contributed by atoms with Crippen LogP contribution < -0.4 is 0 Å². The molecule has 0 spiro atoms. The highest BCUT2D eigenvalue weighted by molar-refractivity contribution is 5.13. The van der Waals surface area contributed by atoms with Gasteiger partial charge in [-0.15, -0.1) is 0 Å². The minimum Gasteiger partial charge on any atom is -0.159 e. The zero-order valence-electron chi connectivity index (χ0n) is 5.63. The minimum absolute atomic E-state index is 0.954. The van der Waals surface area contributed by atoms with E-state index in [1.165, 1.54) is 4.80 Å². The molecule has 1 aromatic rings. The van der Waals surface area contributed by atoms with Crippen LogP contribution in [-0.4, -0.2) is 15.0 Å². The largest absolute Gasteiger partial charge is 0.159 e. The first-order chi connectivity index (χ1) is 4.24. The van der Waals surface area contributed by atoms with E-state index < -0.39 is 0 Å².